The molecule has 0 spiro atoms. The third-order valence-corrected chi connectivity index (χ3v) is 3.75. The Kier molecular flexibility index (Phi) is 6.41. The fourth-order valence-corrected chi connectivity index (χ4v) is 2.71. The Hall–Kier alpha value is -0.830. The number of hydrogen-bond acceptors (Lipinski definition) is 2. The zero-order chi connectivity index (χ0) is 13.5. The number of likely N-dealkylation sites (tertiary alicyclic amines) is 1. The molecule has 0 saturated carbocycles. The summed E-state index contributed by atoms with van der Waals surface area (Å²) in [5, 5.41) is 0. The van der Waals surface area contributed by atoms with E-state index in [1.54, 1.807) is 0 Å². The summed E-state index contributed by atoms with van der Waals surface area (Å²) in [6.45, 7) is 13.3. The van der Waals surface area contributed by atoms with Crippen molar-refractivity contribution >= 4 is 5.91 Å². The van der Waals surface area contributed by atoms with E-state index in [1.807, 2.05) is 18.7 Å². The minimum absolute atomic E-state index is 0.251. The van der Waals surface area contributed by atoms with E-state index in [1.165, 1.54) is 19.3 Å². The molecular weight excluding hydrogens is 224 g/mol. The number of piperidine rings is 1. The maximum atomic E-state index is 12.3. The van der Waals surface area contributed by atoms with E-state index in [0.29, 0.717) is 19.1 Å². The molecule has 0 aromatic heterocycles. The number of rotatable bonds is 6. The highest BCUT2D eigenvalue weighted by molar-refractivity contribution is 5.78. The van der Waals surface area contributed by atoms with Crippen LogP contribution in [0, 0.1) is 0 Å². The summed E-state index contributed by atoms with van der Waals surface area (Å²) in [6.07, 6.45) is 4.94. The van der Waals surface area contributed by atoms with Crippen molar-refractivity contribution < 1.29 is 4.79 Å². The molecule has 1 heterocycles. The predicted octanol–water partition coefficient (Wildman–Crippen LogP) is 2.68. The molecule has 0 bridgehead atoms. The maximum Gasteiger partial charge on any atom is 0.237 e. The van der Waals surface area contributed by atoms with Gasteiger partial charge in [-0.2, -0.15) is 0 Å². The van der Waals surface area contributed by atoms with Crippen molar-refractivity contribution in [2.45, 2.75) is 52.5 Å². The molecule has 1 aliphatic rings. The summed E-state index contributed by atoms with van der Waals surface area (Å²) >= 11 is 0. The topological polar surface area (TPSA) is 23.6 Å². The first-order valence-corrected chi connectivity index (χ1v) is 7.24. The Morgan fingerprint density at radius 3 is 2.67 bits per heavy atom. The van der Waals surface area contributed by atoms with Gasteiger partial charge in [0, 0.05) is 19.1 Å². The molecule has 0 aliphatic carbocycles. The van der Waals surface area contributed by atoms with E-state index < -0.39 is 0 Å². The van der Waals surface area contributed by atoms with Crippen LogP contribution >= 0.6 is 0 Å². The average molecular weight is 252 g/mol. The lowest BCUT2D eigenvalue weighted by atomic mass is 10.00. The normalized spacial score (nSPS) is 20.7. The zero-order valence-electron chi connectivity index (χ0n) is 12.2. The molecule has 1 amide bonds. The van der Waals surface area contributed by atoms with Gasteiger partial charge in [0.1, 0.15) is 0 Å². The summed E-state index contributed by atoms with van der Waals surface area (Å²) < 4.78 is 0. The van der Waals surface area contributed by atoms with Crippen LogP contribution in [0.1, 0.15) is 46.5 Å². The summed E-state index contributed by atoms with van der Waals surface area (Å²) in [7, 11) is 0. The SMILES string of the molecule is C=C(C)CN(CC)C(=O)CN1CCCCC1CC. The van der Waals surface area contributed by atoms with E-state index >= 15 is 0 Å². The second-order valence-electron chi connectivity index (χ2n) is 5.39. The van der Waals surface area contributed by atoms with Crippen molar-refractivity contribution in [2.75, 3.05) is 26.2 Å². The highest BCUT2D eigenvalue weighted by Gasteiger charge is 2.24. The number of carbonyl (C=O) groups is 1. The largest absolute Gasteiger partial charge is 0.338 e. The van der Waals surface area contributed by atoms with Crippen LogP contribution < -0.4 is 0 Å². The van der Waals surface area contributed by atoms with E-state index in [9.17, 15) is 4.79 Å². The lowest BCUT2D eigenvalue weighted by molar-refractivity contribution is -0.132. The van der Waals surface area contributed by atoms with Crippen LogP contribution in [0.3, 0.4) is 0 Å². The lowest BCUT2D eigenvalue weighted by Gasteiger charge is -2.36. The van der Waals surface area contributed by atoms with E-state index in [2.05, 4.69) is 18.4 Å². The van der Waals surface area contributed by atoms with Crippen LogP contribution in [-0.2, 0) is 4.79 Å². The van der Waals surface area contributed by atoms with E-state index in [4.69, 9.17) is 0 Å². The van der Waals surface area contributed by atoms with Crippen molar-refractivity contribution in [1.29, 1.82) is 0 Å². The average Bonchev–Trinajstić information content (AvgIpc) is 2.36. The van der Waals surface area contributed by atoms with E-state index in [-0.39, 0.29) is 5.91 Å². The lowest BCUT2D eigenvalue weighted by Crippen LogP contribution is -2.46. The van der Waals surface area contributed by atoms with Gasteiger partial charge in [-0.3, -0.25) is 9.69 Å². The monoisotopic (exact) mass is 252 g/mol. The molecule has 0 radical (unpaired) electrons. The molecule has 1 saturated heterocycles. The first kappa shape index (κ1) is 15.2. The number of hydrogen-bond donors (Lipinski definition) is 0. The van der Waals surface area contributed by atoms with Crippen LogP contribution in [0.5, 0.6) is 0 Å². The van der Waals surface area contributed by atoms with Crippen molar-refractivity contribution in [1.82, 2.24) is 9.80 Å². The van der Waals surface area contributed by atoms with Crippen LogP contribution in [-0.4, -0.2) is 47.9 Å². The van der Waals surface area contributed by atoms with Crippen LogP contribution in [0.25, 0.3) is 0 Å². The number of nitrogens with zero attached hydrogens (tertiary/aromatic N) is 2. The van der Waals surface area contributed by atoms with Gasteiger partial charge in [-0.25, -0.2) is 0 Å². The highest BCUT2D eigenvalue weighted by Crippen LogP contribution is 2.19. The van der Waals surface area contributed by atoms with Crippen molar-refractivity contribution in [2.24, 2.45) is 0 Å². The first-order chi connectivity index (χ1) is 8.58. The Balaban J connectivity index is 2.52. The van der Waals surface area contributed by atoms with Crippen molar-refractivity contribution in [3.8, 4) is 0 Å². The minimum Gasteiger partial charge on any atom is -0.338 e. The fraction of sp³-hybridized carbons (Fsp3) is 0.800. The van der Waals surface area contributed by atoms with Gasteiger partial charge in [0.2, 0.25) is 5.91 Å². The maximum absolute atomic E-state index is 12.3. The number of carbonyl (C=O) groups excluding carboxylic acids is 1. The van der Waals surface area contributed by atoms with Crippen LogP contribution in [0.2, 0.25) is 0 Å². The number of amides is 1. The highest BCUT2D eigenvalue weighted by atomic mass is 16.2. The van der Waals surface area contributed by atoms with Crippen molar-refractivity contribution in [3.05, 3.63) is 12.2 Å². The van der Waals surface area contributed by atoms with Gasteiger partial charge in [0.25, 0.3) is 0 Å². The van der Waals surface area contributed by atoms with Crippen LogP contribution in [0.15, 0.2) is 12.2 Å². The molecule has 1 aliphatic heterocycles. The molecule has 0 aromatic rings. The fourth-order valence-electron chi connectivity index (χ4n) is 2.71. The summed E-state index contributed by atoms with van der Waals surface area (Å²) in [6, 6.07) is 0.603. The second-order valence-corrected chi connectivity index (χ2v) is 5.39. The molecule has 1 unspecified atom stereocenters. The van der Waals surface area contributed by atoms with Gasteiger partial charge >= 0.3 is 0 Å². The van der Waals surface area contributed by atoms with Gasteiger partial charge in [-0.15, -0.1) is 0 Å². The van der Waals surface area contributed by atoms with E-state index in [0.717, 1.165) is 25.1 Å². The molecule has 1 rings (SSSR count). The smallest absolute Gasteiger partial charge is 0.237 e. The Labute approximate surface area is 112 Å². The minimum atomic E-state index is 0.251. The molecule has 1 fully saturated rings. The molecular formula is C15H28N2O. The molecule has 0 N–H and O–H groups in total. The summed E-state index contributed by atoms with van der Waals surface area (Å²) in [4.78, 5) is 16.6. The molecule has 18 heavy (non-hydrogen) atoms. The quantitative estimate of drug-likeness (QED) is 0.679. The Bertz CT molecular complexity index is 288. The first-order valence-electron chi connectivity index (χ1n) is 7.24. The third-order valence-electron chi connectivity index (χ3n) is 3.75. The van der Waals surface area contributed by atoms with Gasteiger partial charge in [0.05, 0.1) is 6.54 Å². The Morgan fingerprint density at radius 1 is 1.39 bits per heavy atom. The summed E-state index contributed by atoms with van der Waals surface area (Å²) in [5.41, 5.74) is 1.05. The summed E-state index contributed by atoms with van der Waals surface area (Å²) in [5.74, 6) is 0.251. The van der Waals surface area contributed by atoms with Gasteiger partial charge < -0.3 is 4.90 Å². The molecule has 1 atom stereocenters. The molecule has 3 nitrogen and oxygen atoms in total. The molecule has 3 heteroatoms. The van der Waals surface area contributed by atoms with Crippen LogP contribution in [0.4, 0.5) is 0 Å². The van der Waals surface area contributed by atoms with Crippen molar-refractivity contribution in [3.63, 3.8) is 0 Å². The number of likely N-dealkylation sites (N-methyl/N-ethyl adjacent to an activating group) is 1. The van der Waals surface area contributed by atoms with Gasteiger partial charge in [-0.1, -0.05) is 25.5 Å². The molecule has 0 aromatic carbocycles. The standard InChI is InChI=1S/C15H28N2O/c1-5-14-9-7-8-10-17(14)12-15(18)16(6-2)11-13(3)4/h14H,3,5-12H2,1-2,4H3. The molecule has 104 valence electrons. The Morgan fingerprint density at radius 2 is 2.11 bits per heavy atom. The second kappa shape index (κ2) is 7.57. The van der Waals surface area contributed by atoms with Gasteiger partial charge in [-0.05, 0) is 39.7 Å². The third kappa shape index (κ3) is 4.45. The predicted molar refractivity (Wildman–Crippen MR) is 76.6 cm³/mol. The zero-order valence-corrected chi connectivity index (χ0v) is 12.2. The van der Waals surface area contributed by atoms with Gasteiger partial charge in [0.15, 0.2) is 0 Å².